The van der Waals surface area contributed by atoms with Gasteiger partial charge in [-0.3, -0.25) is 0 Å². The molecule has 5 nitrogen and oxygen atoms in total. The van der Waals surface area contributed by atoms with Gasteiger partial charge in [-0.05, 0) is 36.8 Å². The van der Waals surface area contributed by atoms with Crippen LogP contribution >= 0.6 is 15.9 Å². The molecule has 1 aliphatic heterocycles. The highest BCUT2D eigenvalue weighted by Gasteiger charge is 2.36. The fourth-order valence-corrected chi connectivity index (χ4v) is 3.51. The van der Waals surface area contributed by atoms with E-state index >= 15 is 0 Å². The molecule has 0 amide bonds. The van der Waals surface area contributed by atoms with Crippen LogP contribution in [0.2, 0.25) is 0 Å². The number of halogens is 1. The van der Waals surface area contributed by atoms with Gasteiger partial charge in [-0.15, -0.1) is 0 Å². The number of nitrogens with zero attached hydrogens (tertiary/aromatic N) is 3. The lowest BCUT2D eigenvalue weighted by Gasteiger charge is -2.25. The quantitative estimate of drug-likeness (QED) is 0.692. The van der Waals surface area contributed by atoms with Gasteiger partial charge >= 0.3 is 0 Å². The summed E-state index contributed by atoms with van der Waals surface area (Å²) >= 11 is 3.45. The average molecular weight is 407 g/mol. The van der Waals surface area contributed by atoms with Crippen LogP contribution in [0.15, 0.2) is 70.5 Å². The zero-order chi connectivity index (χ0) is 18.3. The summed E-state index contributed by atoms with van der Waals surface area (Å²) in [6.45, 7) is 1.92. The average Bonchev–Trinajstić information content (AvgIpc) is 2.98. The van der Waals surface area contributed by atoms with Crippen molar-refractivity contribution in [1.82, 2.24) is 9.78 Å². The van der Waals surface area contributed by atoms with Gasteiger partial charge in [-0.25, -0.2) is 4.68 Å². The van der Waals surface area contributed by atoms with E-state index in [0.717, 1.165) is 27.0 Å². The van der Waals surface area contributed by atoms with E-state index in [4.69, 9.17) is 10.5 Å². The molecular weight excluding hydrogens is 392 g/mol. The molecule has 128 valence electrons. The Bertz CT molecular complexity index is 1050. The predicted molar refractivity (Wildman–Crippen MR) is 102 cm³/mol. The predicted octanol–water partition coefficient (Wildman–Crippen LogP) is 4.16. The number of fused-ring (bicyclic) bond motifs is 1. The normalized spacial score (nSPS) is 16.0. The topological polar surface area (TPSA) is 76.9 Å². The second-order valence-corrected chi connectivity index (χ2v) is 6.94. The summed E-state index contributed by atoms with van der Waals surface area (Å²) in [4.78, 5) is 0. The molecule has 0 fully saturated rings. The lowest BCUT2D eigenvalue weighted by molar-refractivity contribution is 0.367. The Labute approximate surface area is 159 Å². The Morgan fingerprint density at radius 1 is 1.15 bits per heavy atom. The highest BCUT2D eigenvalue weighted by Crippen LogP contribution is 2.44. The number of nitrogens with two attached hydrogens (primary N) is 1. The number of rotatable bonds is 2. The lowest BCUT2D eigenvalue weighted by atomic mass is 9.84. The second kappa shape index (κ2) is 6.36. The number of hydrogen-bond donors (Lipinski definition) is 1. The van der Waals surface area contributed by atoms with Gasteiger partial charge in [-0.1, -0.05) is 46.3 Å². The molecule has 26 heavy (non-hydrogen) atoms. The van der Waals surface area contributed by atoms with E-state index in [9.17, 15) is 5.26 Å². The molecule has 1 atom stereocenters. The van der Waals surface area contributed by atoms with Crippen LogP contribution in [0.1, 0.15) is 22.7 Å². The Balaban J connectivity index is 1.95. The fourth-order valence-electron chi connectivity index (χ4n) is 3.25. The van der Waals surface area contributed by atoms with Crippen molar-refractivity contribution in [3.63, 3.8) is 0 Å². The van der Waals surface area contributed by atoms with E-state index in [1.165, 1.54) is 0 Å². The summed E-state index contributed by atoms with van der Waals surface area (Å²) in [5, 5.41) is 14.3. The molecule has 0 saturated carbocycles. The maximum Gasteiger partial charge on any atom is 0.229 e. The summed E-state index contributed by atoms with van der Waals surface area (Å²) in [6, 6.07) is 19.8. The van der Waals surface area contributed by atoms with Gasteiger partial charge in [0, 0.05) is 4.47 Å². The molecule has 0 aliphatic carbocycles. The Morgan fingerprint density at radius 2 is 1.85 bits per heavy atom. The molecule has 0 unspecified atom stereocenters. The van der Waals surface area contributed by atoms with Crippen LogP contribution in [-0.4, -0.2) is 9.78 Å². The van der Waals surface area contributed by atoms with Gasteiger partial charge in [-0.2, -0.15) is 10.4 Å². The number of benzene rings is 2. The summed E-state index contributed by atoms with van der Waals surface area (Å²) in [5.41, 5.74) is 10.0. The van der Waals surface area contributed by atoms with E-state index in [-0.39, 0.29) is 11.8 Å². The van der Waals surface area contributed by atoms with Crippen LogP contribution in [0, 0.1) is 18.3 Å². The molecule has 4 rings (SSSR count). The van der Waals surface area contributed by atoms with Crippen molar-refractivity contribution in [2.75, 3.05) is 0 Å². The second-order valence-electron chi connectivity index (χ2n) is 6.03. The molecule has 1 aliphatic rings. The molecule has 0 saturated heterocycles. The summed E-state index contributed by atoms with van der Waals surface area (Å²) in [7, 11) is 0. The Morgan fingerprint density at radius 3 is 2.50 bits per heavy atom. The number of ether oxygens (including phenoxy) is 1. The number of aryl methyl sites for hydroxylation is 1. The molecule has 0 spiro atoms. The van der Waals surface area contributed by atoms with Gasteiger partial charge in [0.1, 0.15) is 11.6 Å². The smallest absolute Gasteiger partial charge is 0.229 e. The number of aromatic nitrogens is 2. The zero-order valence-corrected chi connectivity index (χ0v) is 15.6. The standard InChI is InChI=1S/C20H15BrN4O/c1-12-17-18(13-7-9-14(21)10-8-13)16(11-22)19(23)26-20(17)25(24-12)15-5-3-2-4-6-15/h2-10,18H,23H2,1H3/t18-/m0/s1. The van der Waals surface area contributed by atoms with Crippen LogP contribution in [0.3, 0.4) is 0 Å². The first kappa shape index (κ1) is 16.4. The van der Waals surface area contributed by atoms with E-state index in [1.807, 2.05) is 61.5 Å². The van der Waals surface area contributed by atoms with Gasteiger partial charge in [0.25, 0.3) is 0 Å². The first-order valence-electron chi connectivity index (χ1n) is 8.08. The van der Waals surface area contributed by atoms with Gasteiger partial charge in [0.2, 0.25) is 11.8 Å². The minimum Gasteiger partial charge on any atom is -0.422 e. The molecule has 0 bridgehead atoms. The van der Waals surface area contributed by atoms with Crippen LogP contribution in [0.4, 0.5) is 0 Å². The number of para-hydroxylation sites is 1. The van der Waals surface area contributed by atoms with Crippen molar-refractivity contribution in [3.05, 3.63) is 87.3 Å². The third-order valence-corrected chi connectivity index (χ3v) is 4.97. The number of nitriles is 1. The molecule has 2 heterocycles. The van der Waals surface area contributed by atoms with Crippen molar-refractivity contribution in [2.45, 2.75) is 12.8 Å². The third kappa shape index (κ3) is 2.57. The summed E-state index contributed by atoms with van der Waals surface area (Å²) in [6.07, 6.45) is 0. The third-order valence-electron chi connectivity index (χ3n) is 4.44. The first-order chi connectivity index (χ1) is 12.6. The minimum atomic E-state index is -0.311. The highest BCUT2D eigenvalue weighted by molar-refractivity contribution is 9.10. The van der Waals surface area contributed by atoms with Crippen molar-refractivity contribution >= 4 is 15.9 Å². The molecular formula is C20H15BrN4O. The molecule has 2 aromatic carbocycles. The first-order valence-corrected chi connectivity index (χ1v) is 8.87. The van der Waals surface area contributed by atoms with Gasteiger partial charge < -0.3 is 10.5 Å². The zero-order valence-electron chi connectivity index (χ0n) is 14.0. The number of hydrogen-bond acceptors (Lipinski definition) is 4. The molecule has 1 aromatic heterocycles. The van der Waals surface area contributed by atoms with Crippen molar-refractivity contribution in [1.29, 1.82) is 5.26 Å². The Hall–Kier alpha value is -3.04. The lowest BCUT2D eigenvalue weighted by Crippen LogP contribution is -2.22. The van der Waals surface area contributed by atoms with Crippen LogP contribution in [0.5, 0.6) is 5.88 Å². The van der Waals surface area contributed by atoms with E-state index in [2.05, 4.69) is 27.1 Å². The highest BCUT2D eigenvalue weighted by atomic mass is 79.9. The molecule has 3 aromatic rings. The van der Waals surface area contributed by atoms with E-state index in [0.29, 0.717) is 11.5 Å². The van der Waals surface area contributed by atoms with Crippen LogP contribution in [0.25, 0.3) is 5.69 Å². The maximum absolute atomic E-state index is 9.68. The van der Waals surface area contributed by atoms with Crippen molar-refractivity contribution in [3.8, 4) is 17.6 Å². The number of allylic oxidation sites excluding steroid dienone is 1. The molecule has 0 radical (unpaired) electrons. The summed E-state index contributed by atoms with van der Waals surface area (Å²) in [5.74, 6) is 0.359. The van der Waals surface area contributed by atoms with Crippen molar-refractivity contribution < 1.29 is 4.74 Å². The summed E-state index contributed by atoms with van der Waals surface area (Å²) < 4.78 is 8.55. The minimum absolute atomic E-state index is 0.116. The maximum atomic E-state index is 9.68. The molecule has 2 N–H and O–H groups in total. The largest absolute Gasteiger partial charge is 0.422 e. The monoisotopic (exact) mass is 406 g/mol. The van der Waals surface area contributed by atoms with Crippen LogP contribution in [-0.2, 0) is 0 Å². The van der Waals surface area contributed by atoms with Crippen LogP contribution < -0.4 is 10.5 Å². The SMILES string of the molecule is Cc1nn(-c2ccccc2)c2c1[C@@H](c1ccc(Br)cc1)C(C#N)=C(N)O2. The van der Waals surface area contributed by atoms with Gasteiger partial charge in [0.05, 0.1) is 22.9 Å². The van der Waals surface area contributed by atoms with E-state index < -0.39 is 0 Å². The fraction of sp³-hybridized carbons (Fsp3) is 0.100. The van der Waals surface area contributed by atoms with E-state index in [1.54, 1.807) is 4.68 Å². The molecule has 6 heteroatoms. The Kier molecular flexibility index (Phi) is 4.02. The van der Waals surface area contributed by atoms with Gasteiger partial charge in [0.15, 0.2) is 0 Å². The van der Waals surface area contributed by atoms with Crippen molar-refractivity contribution in [2.24, 2.45) is 5.73 Å².